The highest BCUT2D eigenvalue weighted by molar-refractivity contribution is 5.87. The molecule has 4 heterocycles. The number of likely N-dealkylation sites (tertiary alicyclic amines) is 1. The summed E-state index contributed by atoms with van der Waals surface area (Å²) in [6, 6.07) is 21.0. The molecule has 52 heavy (non-hydrogen) atoms. The number of piperidine rings is 1. The van der Waals surface area contributed by atoms with E-state index >= 15 is 0 Å². The number of benzene rings is 2. The third-order valence-electron chi connectivity index (χ3n) is 10.4. The number of ether oxygens (including phenoxy) is 2. The number of pyridine rings is 2. The van der Waals surface area contributed by atoms with Crippen LogP contribution >= 0.6 is 0 Å². The quantitative estimate of drug-likeness (QED) is 0.128. The summed E-state index contributed by atoms with van der Waals surface area (Å²) >= 11 is 0. The molecule has 12 heteroatoms. The second-order valence-electron chi connectivity index (χ2n) is 14.0. The average Bonchev–Trinajstić information content (AvgIpc) is 3.17. The van der Waals surface area contributed by atoms with Crippen LogP contribution in [0.1, 0.15) is 42.1 Å². The van der Waals surface area contributed by atoms with Gasteiger partial charge in [0.15, 0.2) is 0 Å². The normalized spacial score (nSPS) is 16.7. The van der Waals surface area contributed by atoms with Crippen molar-refractivity contribution in [3.05, 3.63) is 100.0 Å². The number of rotatable bonds is 16. The molecule has 0 aliphatic carbocycles. The zero-order valence-electron chi connectivity index (χ0n) is 30.1. The fourth-order valence-electron chi connectivity index (χ4n) is 7.14. The van der Waals surface area contributed by atoms with Crippen LogP contribution in [0.5, 0.6) is 5.75 Å². The summed E-state index contributed by atoms with van der Waals surface area (Å²) in [5, 5.41) is 24.5. The van der Waals surface area contributed by atoms with Gasteiger partial charge in [-0.25, -0.2) is 4.98 Å². The Morgan fingerprint density at radius 2 is 1.83 bits per heavy atom. The average molecular weight is 713 g/mol. The molecule has 12 nitrogen and oxygen atoms in total. The Balaban J connectivity index is 0.814. The molecule has 0 saturated carbocycles. The topological polar surface area (TPSA) is 143 Å². The molecule has 0 bridgehead atoms. The summed E-state index contributed by atoms with van der Waals surface area (Å²) in [5.74, 6) is 0.997. The highest BCUT2D eigenvalue weighted by Gasteiger charge is 2.40. The van der Waals surface area contributed by atoms with Crippen LogP contribution in [0.25, 0.3) is 10.9 Å². The number of carbonyl (C=O) groups is 1. The maximum atomic E-state index is 12.6. The smallest absolute Gasteiger partial charge is 0.248 e. The summed E-state index contributed by atoms with van der Waals surface area (Å²) in [6.07, 6.45) is 5.24. The van der Waals surface area contributed by atoms with Crippen LogP contribution in [0.2, 0.25) is 0 Å². The van der Waals surface area contributed by atoms with E-state index in [0.717, 1.165) is 70.8 Å². The van der Waals surface area contributed by atoms with Crippen molar-refractivity contribution in [2.24, 2.45) is 0 Å². The van der Waals surface area contributed by atoms with Crippen molar-refractivity contribution in [3.8, 4) is 5.75 Å². The fraction of sp³-hybridized carbons (Fsp3) is 0.475. The number of anilines is 1. The molecular formula is C40H52N6O6. The first-order valence-corrected chi connectivity index (χ1v) is 18.4. The lowest BCUT2D eigenvalue weighted by Crippen LogP contribution is -2.57. The first-order valence-electron chi connectivity index (χ1n) is 18.4. The minimum atomic E-state index is -0.851. The molecule has 1 atom stereocenters. The molecule has 1 spiro atoms. The van der Waals surface area contributed by atoms with Crippen molar-refractivity contribution < 1.29 is 24.5 Å². The molecule has 2 aliphatic heterocycles. The summed E-state index contributed by atoms with van der Waals surface area (Å²) in [7, 11) is 1.76. The minimum Gasteiger partial charge on any atom is -0.506 e. The zero-order valence-corrected chi connectivity index (χ0v) is 30.1. The SMILES string of the molecule is CN(CCNC[C@H](O)c1ccc(O)c2[nH]c(=O)ccc12)C(=O)CCOCCc1ccc(CCN2CCC3(CC2)CN(c2ccccn2)CCO3)cc1. The Hall–Kier alpha value is -4.33. The van der Waals surface area contributed by atoms with E-state index in [1.54, 1.807) is 24.1 Å². The van der Waals surface area contributed by atoms with Crippen molar-refractivity contribution >= 4 is 22.6 Å². The molecule has 2 aromatic heterocycles. The van der Waals surface area contributed by atoms with Crippen molar-refractivity contribution in [3.63, 3.8) is 0 Å². The van der Waals surface area contributed by atoms with E-state index in [1.807, 2.05) is 12.3 Å². The molecule has 2 saturated heterocycles. The number of aliphatic hydroxyl groups excluding tert-OH is 1. The number of aliphatic hydroxyl groups is 1. The number of likely N-dealkylation sites (N-methyl/N-ethyl adjacent to an activating group) is 1. The van der Waals surface area contributed by atoms with E-state index in [1.165, 1.54) is 23.3 Å². The molecule has 0 radical (unpaired) electrons. The van der Waals surface area contributed by atoms with Gasteiger partial charge < -0.3 is 44.7 Å². The van der Waals surface area contributed by atoms with Crippen molar-refractivity contribution in [2.45, 2.75) is 43.8 Å². The van der Waals surface area contributed by atoms with Gasteiger partial charge in [-0.15, -0.1) is 0 Å². The van der Waals surface area contributed by atoms with Gasteiger partial charge in [0.05, 0.1) is 43.5 Å². The van der Waals surface area contributed by atoms with Gasteiger partial charge in [0.25, 0.3) is 0 Å². The number of phenolic OH excluding ortho intramolecular Hbond substituents is 1. The summed E-state index contributed by atoms with van der Waals surface area (Å²) < 4.78 is 12.1. The summed E-state index contributed by atoms with van der Waals surface area (Å²) in [4.78, 5) is 38.0. The van der Waals surface area contributed by atoms with Gasteiger partial charge in [-0.1, -0.05) is 36.4 Å². The number of aromatic amines is 1. The molecule has 278 valence electrons. The number of aromatic nitrogens is 2. The summed E-state index contributed by atoms with van der Waals surface area (Å²) in [6.45, 7) is 7.89. The van der Waals surface area contributed by atoms with E-state index in [9.17, 15) is 19.8 Å². The van der Waals surface area contributed by atoms with Crippen LogP contribution in [0.4, 0.5) is 5.82 Å². The van der Waals surface area contributed by atoms with E-state index in [0.29, 0.717) is 49.2 Å². The number of hydrogen-bond donors (Lipinski definition) is 4. The Kier molecular flexibility index (Phi) is 12.9. The highest BCUT2D eigenvalue weighted by atomic mass is 16.5. The standard InChI is InChI=1S/C40H52N6O6/c1-44(23-19-41-28-35(48)32-9-11-34(47)39-33(32)10-12-37(49)43-39)38(50)15-26-51-25-14-31-7-5-30(6-8-31)13-20-45-21-16-40(17-22-45)29-46(24-27-52-40)36-4-2-3-18-42-36/h2-12,18,35,41,47-48H,13-17,19-29H2,1H3,(H,43,49)/t35-/m0/s1. The first-order chi connectivity index (χ1) is 25.3. The third-order valence-corrected chi connectivity index (χ3v) is 10.4. The van der Waals surface area contributed by atoms with Gasteiger partial charge in [0.2, 0.25) is 11.5 Å². The van der Waals surface area contributed by atoms with Gasteiger partial charge >= 0.3 is 0 Å². The maximum Gasteiger partial charge on any atom is 0.248 e. The first kappa shape index (κ1) is 37.4. The number of amides is 1. The van der Waals surface area contributed by atoms with Crippen LogP contribution in [-0.2, 0) is 27.1 Å². The second-order valence-corrected chi connectivity index (χ2v) is 14.0. The molecule has 2 fully saturated rings. The minimum absolute atomic E-state index is 0.00165. The Morgan fingerprint density at radius 1 is 1.04 bits per heavy atom. The number of fused-ring (bicyclic) bond motifs is 1. The van der Waals surface area contributed by atoms with Crippen molar-refractivity contribution in [1.29, 1.82) is 0 Å². The van der Waals surface area contributed by atoms with Gasteiger partial charge in [0.1, 0.15) is 11.6 Å². The van der Waals surface area contributed by atoms with Crippen LogP contribution in [0.3, 0.4) is 0 Å². The van der Waals surface area contributed by atoms with Crippen molar-refractivity contribution in [1.82, 2.24) is 25.1 Å². The number of H-pyrrole nitrogens is 1. The zero-order chi connectivity index (χ0) is 36.3. The van der Waals surface area contributed by atoms with Crippen LogP contribution in [0, 0.1) is 0 Å². The van der Waals surface area contributed by atoms with Crippen LogP contribution in [0.15, 0.2) is 77.7 Å². The van der Waals surface area contributed by atoms with E-state index in [2.05, 4.69) is 61.5 Å². The number of morpholine rings is 1. The van der Waals surface area contributed by atoms with Gasteiger partial charge in [-0.3, -0.25) is 9.59 Å². The maximum absolute atomic E-state index is 12.6. The molecule has 1 amide bonds. The lowest BCUT2D eigenvalue weighted by molar-refractivity contribution is -0.131. The van der Waals surface area contributed by atoms with Crippen molar-refractivity contribution in [2.75, 3.05) is 84.1 Å². The Morgan fingerprint density at radius 3 is 2.60 bits per heavy atom. The lowest BCUT2D eigenvalue weighted by atomic mass is 9.89. The Bertz CT molecular complexity index is 1790. The van der Waals surface area contributed by atoms with Gasteiger partial charge in [-0.05, 0) is 66.6 Å². The van der Waals surface area contributed by atoms with Gasteiger partial charge in [0, 0.05) is 77.1 Å². The number of aromatic hydroxyl groups is 1. The molecule has 2 aromatic carbocycles. The number of nitrogens with one attached hydrogen (secondary N) is 2. The Labute approximate surface area is 305 Å². The molecule has 4 N–H and O–H groups in total. The van der Waals surface area contributed by atoms with Crippen LogP contribution < -0.4 is 15.8 Å². The number of hydrogen-bond acceptors (Lipinski definition) is 10. The molecule has 0 unspecified atom stereocenters. The largest absolute Gasteiger partial charge is 0.506 e. The molecular weight excluding hydrogens is 660 g/mol. The number of nitrogens with zero attached hydrogens (tertiary/aromatic N) is 4. The second kappa shape index (κ2) is 17.9. The number of carbonyl (C=O) groups excluding carboxylic acids is 1. The molecule has 2 aliphatic rings. The molecule has 6 rings (SSSR count). The predicted octanol–water partition coefficient (Wildman–Crippen LogP) is 3.27. The van der Waals surface area contributed by atoms with E-state index in [-0.39, 0.29) is 29.4 Å². The highest BCUT2D eigenvalue weighted by Crippen LogP contribution is 2.32. The summed E-state index contributed by atoms with van der Waals surface area (Å²) in [5.41, 5.74) is 3.06. The van der Waals surface area contributed by atoms with Crippen LogP contribution in [-0.4, -0.2) is 121 Å². The third kappa shape index (κ3) is 9.96. The van der Waals surface area contributed by atoms with E-state index < -0.39 is 6.10 Å². The lowest BCUT2D eigenvalue weighted by Gasteiger charge is -2.47. The fourth-order valence-corrected chi connectivity index (χ4v) is 7.14. The molecule has 4 aromatic rings. The monoisotopic (exact) mass is 712 g/mol. The van der Waals surface area contributed by atoms with E-state index in [4.69, 9.17) is 9.47 Å². The predicted molar refractivity (Wildman–Crippen MR) is 202 cm³/mol. The van der Waals surface area contributed by atoms with Gasteiger partial charge in [-0.2, -0.15) is 0 Å². The number of phenols is 1.